The van der Waals surface area contributed by atoms with Crippen LogP contribution in [-0.2, 0) is 20.0 Å². The molecule has 0 spiro atoms. The number of rotatable bonds is 5. The molecular weight excluding hydrogens is 240 g/mol. The van der Waals surface area contributed by atoms with Gasteiger partial charge in [0, 0.05) is 37.5 Å². The third-order valence-corrected chi connectivity index (χ3v) is 3.55. The number of aromatic nitrogens is 4. The van der Waals surface area contributed by atoms with E-state index in [0.29, 0.717) is 6.42 Å². The largest absolute Gasteiger partial charge is 0.388 e. The molecule has 2 aromatic heterocycles. The van der Waals surface area contributed by atoms with Gasteiger partial charge in [-0.25, -0.2) is 0 Å². The van der Waals surface area contributed by atoms with Crippen LogP contribution in [0.4, 0.5) is 0 Å². The second-order valence-corrected chi connectivity index (χ2v) is 5.03. The number of aryl methyl sites for hydroxylation is 3. The molecule has 0 aliphatic rings. The molecule has 0 saturated heterocycles. The monoisotopic (exact) mass is 262 g/mol. The zero-order chi connectivity index (χ0) is 14.0. The maximum Gasteiger partial charge on any atom is 0.0862 e. The van der Waals surface area contributed by atoms with Gasteiger partial charge in [0.05, 0.1) is 18.0 Å². The van der Waals surface area contributed by atoms with Crippen molar-refractivity contribution in [2.45, 2.75) is 46.3 Å². The van der Waals surface area contributed by atoms with Crippen LogP contribution in [0.25, 0.3) is 0 Å². The summed E-state index contributed by atoms with van der Waals surface area (Å²) in [6, 6.07) is 0. The van der Waals surface area contributed by atoms with E-state index >= 15 is 0 Å². The highest BCUT2D eigenvalue weighted by Crippen LogP contribution is 2.22. The van der Waals surface area contributed by atoms with Gasteiger partial charge in [0.2, 0.25) is 0 Å². The topological polar surface area (TPSA) is 55.9 Å². The van der Waals surface area contributed by atoms with E-state index in [9.17, 15) is 5.11 Å². The van der Waals surface area contributed by atoms with E-state index in [4.69, 9.17) is 0 Å². The molecule has 104 valence electrons. The summed E-state index contributed by atoms with van der Waals surface area (Å²) in [7, 11) is 1.93. The summed E-state index contributed by atoms with van der Waals surface area (Å²) in [6.07, 6.45) is 4.78. The molecule has 5 heteroatoms. The first-order valence-electron chi connectivity index (χ1n) is 6.72. The smallest absolute Gasteiger partial charge is 0.0862 e. The average Bonchev–Trinajstić information content (AvgIpc) is 2.91. The molecule has 2 aromatic rings. The number of aliphatic hydroxyl groups is 1. The van der Waals surface area contributed by atoms with Crippen LogP contribution in [0.5, 0.6) is 0 Å². The van der Waals surface area contributed by atoms with Crippen molar-refractivity contribution in [2.24, 2.45) is 7.05 Å². The van der Waals surface area contributed by atoms with Crippen LogP contribution >= 0.6 is 0 Å². The summed E-state index contributed by atoms with van der Waals surface area (Å²) in [6.45, 7) is 7.01. The fourth-order valence-electron chi connectivity index (χ4n) is 2.33. The van der Waals surface area contributed by atoms with Crippen LogP contribution in [-0.4, -0.2) is 24.7 Å². The van der Waals surface area contributed by atoms with E-state index < -0.39 is 6.10 Å². The zero-order valence-corrected chi connectivity index (χ0v) is 12.1. The molecule has 0 radical (unpaired) electrons. The van der Waals surface area contributed by atoms with E-state index in [2.05, 4.69) is 17.1 Å². The van der Waals surface area contributed by atoms with Crippen molar-refractivity contribution < 1.29 is 5.11 Å². The maximum atomic E-state index is 10.3. The molecule has 0 amide bonds. The van der Waals surface area contributed by atoms with Crippen LogP contribution in [0.15, 0.2) is 12.4 Å². The molecule has 5 nitrogen and oxygen atoms in total. The Kier molecular flexibility index (Phi) is 4.04. The predicted molar refractivity (Wildman–Crippen MR) is 73.9 cm³/mol. The molecule has 0 bridgehead atoms. The van der Waals surface area contributed by atoms with Crippen LogP contribution in [0.3, 0.4) is 0 Å². The van der Waals surface area contributed by atoms with Gasteiger partial charge in [-0.2, -0.15) is 10.2 Å². The third-order valence-electron chi connectivity index (χ3n) is 3.55. The Morgan fingerprint density at radius 2 is 2.11 bits per heavy atom. The van der Waals surface area contributed by atoms with Crippen molar-refractivity contribution in [1.82, 2.24) is 19.6 Å². The predicted octanol–water partition coefficient (Wildman–Crippen LogP) is 1.92. The number of aliphatic hydroxyl groups excluding tert-OH is 1. The van der Waals surface area contributed by atoms with Crippen molar-refractivity contribution in [2.75, 3.05) is 0 Å². The Labute approximate surface area is 113 Å². The van der Waals surface area contributed by atoms with Crippen molar-refractivity contribution in [3.8, 4) is 0 Å². The SMILES string of the molecule is CCCn1cc(C(O)Cc2c(C)nn(C)c2C)cn1. The highest BCUT2D eigenvalue weighted by Gasteiger charge is 2.16. The van der Waals surface area contributed by atoms with Gasteiger partial charge in [0.15, 0.2) is 0 Å². The van der Waals surface area contributed by atoms with Gasteiger partial charge >= 0.3 is 0 Å². The van der Waals surface area contributed by atoms with E-state index in [1.54, 1.807) is 6.20 Å². The molecule has 0 saturated carbocycles. The maximum absolute atomic E-state index is 10.3. The van der Waals surface area contributed by atoms with Gasteiger partial charge < -0.3 is 5.11 Å². The Bertz CT molecular complexity index is 556. The minimum absolute atomic E-state index is 0.521. The normalized spacial score (nSPS) is 12.9. The molecule has 2 rings (SSSR count). The highest BCUT2D eigenvalue weighted by atomic mass is 16.3. The van der Waals surface area contributed by atoms with Crippen molar-refractivity contribution in [3.05, 3.63) is 34.9 Å². The Morgan fingerprint density at radius 3 is 2.68 bits per heavy atom. The first-order chi connectivity index (χ1) is 9.02. The summed E-state index contributed by atoms with van der Waals surface area (Å²) in [5.74, 6) is 0. The molecular formula is C14H22N4O. The third kappa shape index (κ3) is 2.87. The summed E-state index contributed by atoms with van der Waals surface area (Å²) in [5, 5.41) is 19.0. The Balaban J connectivity index is 2.13. The second kappa shape index (κ2) is 5.57. The van der Waals surface area contributed by atoms with E-state index in [-0.39, 0.29) is 0 Å². The zero-order valence-electron chi connectivity index (χ0n) is 12.1. The lowest BCUT2D eigenvalue weighted by Gasteiger charge is -2.08. The highest BCUT2D eigenvalue weighted by molar-refractivity contribution is 5.26. The average molecular weight is 262 g/mol. The Hall–Kier alpha value is -1.62. The molecule has 19 heavy (non-hydrogen) atoms. The first kappa shape index (κ1) is 13.8. The minimum Gasteiger partial charge on any atom is -0.388 e. The summed E-state index contributed by atoms with van der Waals surface area (Å²) < 4.78 is 3.74. The minimum atomic E-state index is -0.521. The molecule has 0 fully saturated rings. The van der Waals surface area contributed by atoms with Gasteiger partial charge in [0.1, 0.15) is 0 Å². The molecule has 0 aliphatic heterocycles. The fraction of sp³-hybridized carbons (Fsp3) is 0.571. The van der Waals surface area contributed by atoms with Gasteiger partial charge in [-0.1, -0.05) is 6.92 Å². The van der Waals surface area contributed by atoms with E-state index in [1.165, 1.54) is 0 Å². The summed E-state index contributed by atoms with van der Waals surface area (Å²) in [5.41, 5.74) is 4.09. The quantitative estimate of drug-likeness (QED) is 0.895. The standard InChI is InChI=1S/C14H22N4O/c1-5-6-18-9-12(8-15-18)14(19)7-13-10(2)16-17(4)11(13)3/h8-9,14,19H,5-7H2,1-4H3. The lowest BCUT2D eigenvalue weighted by Crippen LogP contribution is -2.03. The van der Waals surface area contributed by atoms with Gasteiger partial charge in [-0.15, -0.1) is 0 Å². The molecule has 0 aromatic carbocycles. The molecule has 1 unspecified atom stereocenters. The van der Waals surface area contributed by atoms with E-state index in [0.717, 1.165) is 35.5 Å². The molecule has 0 aliphatic carbocycles. The molecule has 2 heterocycles. The molecule has 1 N–H and O–H groups in total. The van der Waals surface area contributed by atoms with Crippen LogP contribution in [0.1, 0.15) is 42.0 Å². The second-order valence-electron chi connectivity index (χ2n) is 5.03. The number of hydrogen-bond donors (Lipinski definition) is 1. The van der Waals surface area contributed by atoms with Gasteiger partial charge in [-0.3, -0.25) is 9.36 Å². The lowest BCUT2D eigenvalue weighted by atomic mass is 10.0. The Morgan fingerprint density at radius 1 is 1.37 bits per heavy atom. The fourth-order valence-corrected chi connectivity index (χ4v) is 2.33. The van der Waals surface area contributed by atoms with Crippen molar-refractivity contribution in [3.63, 3.8) is 0 Å². The number of nitrogens with zero attached hydrogens (tertiary/aromatic N) is 4. The van der Waals surface area contributed by atoms with Gasteiger partial charge in [0.25, 0.3) is 0 Å². The van der Waals surface area contributed by atoms with Crippen LogP contribution in [0, 0.1) is 13.8 Å². The first-order valence-corrected chi connectivity index (χ1v) is 6.72. The molecule has 1 atom stereocenters. The van der Waals surface area contributed by atoms with Crippen LogP contribution < -0.4 is 0 Å². The lowest BCUT2D eigenvalue weighted by molar-refractivity contribution is 0.178. The number of hydrogen-bond acceptors (Lipinski definition) is 3. The van der Waals surface area contributed by atoms with Crippen molar-refractivity contribution >= 4 is 0 Å². The van der Waals surface area contributed by atoms with E-state index in [1.807, 2.05) is 36.5 Å². The summed E-state index contributed by atoms with van der Waals surface area (Å²) in [4.78, 5) is 0. The van der Waals surface area contributed by atoms with Crippen molar-refractivity contribution in [1.29, 1.82) is 0 Å². The summed E-state index contributed by atoms with van der Waals surface area (Å²) >= 11 is 0. The van der Waals surface area contributed by atoms with Crippen LogP contribution in [0.2, 0.25) is 0 Å². The van der Waals surface area contributed by atoms with Gasteiger partial charge in [-0.05, 0) is 25.8 Å².